The molecule has 1 aromatic rings. The molecule has 0 saturated carbocycles. The topological polar surface area (TPSA) is 95.9 Å². The van der Waals surface area contributed by atoms with Crippen molar-refractivity contribution in [1.29, 1.82) is 0 Å². The van der Waals surface area contributed by atoms with Gasteiger partial charge in [0.2, 0.25) is 10.0 Å². The second kappa shape index (κ2) is 9.18. The van der Waals surface area contributed by atoms with Crippen molar-refractivity contribution in [3.05, 3.63) is 30.8 Å². The second-order valence-electron chi connectivity index (χ2n) is 8.56. The smallest absolute Gasteiger partial charge is 0.263 e. The van der Waals surface area contributed by atoms with Gasteiger partial charge in [0.05, 0.1) is 11.4 Å². The summed E-state index contributed by atoms with van der Waals surface area (Å²) in [4.78, 5) is 12.5. The highest BCUT2D eigenvalue weighted by molar-refractivity contribution is 8.01. The van der Waals surface area contributed by atoms with Gasteiger partial charge < -0.3 is 4.74 Å². The molecule has 1 aliphatic heterocycles. The third-order valence-corrected chi connectivity index (χ3v) is 8.39. The highest BCUT2D eigenvalue weighted by Crippen LogP contribution is 2.49. The quantitative estimate of drug-likeness (QED) is 0.404. The molecule has 1 heterocycles. The summed E-state index contributed by atoms with van der Waals surface area (Å²) in [5.41, 5.74) is 1.38. The molecule has 0 unspecified atom stereocenters. The van der Waals surface area contributed by atoms with Crippen LogP contribution in [-0.4, -0.2) is 46.5 Å². The largest absolute Gasteiger partial charge is 0.481 e. The molecule has 1 aromatic carbocycles. The van der Waals surface area contributed by atoms with Gasteiger partial charge >= 0.3 is 0 Å². The fourth-order valence-electron chi connectivity index (χ4n) is 3.08. The first-order chi connectivity index (χ1) is 13.8. The van der Waals surface area contributed by atoms with Crippen LogP contribution in [0.2, 0.25) is 0 Å². The summed E-state index contributed by atoms with van der Waals surface area (Å²) in [6.45, 7) is 13.1. The van der Waals surface area contributed by atoms with Crippen molar-refractivity contribution in [1.82, 2.24) is 9.79 Å². The molecule has 0 bridgehead atoms. The number of hydrogen-bond acceptors (Lipinski definition) is 6. The van der Waals surface area contributed by atoms with Gasteiger partial charge in [0, 0.05) is 10.00 Å². The normalized spacial score (nSPS) is 22.0. The molecule has 2 rings (SSSR count). The molecule has 1 aliphatic rings. The zero-order valence-corrected chi connectivity index (χ0v) is 19.7. The Morgan fingerprint density at radius 2 is 1.90 bits per heavy atom. The second-order valence-corrected chi connectivity index (χ2v) is 12.2. The average molecular weight is 454 g/mol. The van der Waals surface area contributed by atoms with Gasteiger partial charge in [0.25, 0.3) is 5.91 Å². The number of benzene rings is 1. The summed E-state index contributed by atoms with van der Waals surface area (Å²) < 4.78 is 32.8. The minimum atomic E-state index is -4.06. The molecular formula is C21H29N2O5S2. The van der Waals surface area contributed by atoms with Crippen LogP contribution < -0.4 is 10.2 Å². The van der Waals surface area contributed by atoms with Crippen molar-refractivity contribution < 1.29 is 23.2 Å². The highest BCUT2D eigenvalue weighted by atomic mass is 32.2. The Morgan fingerprint density at radius 1 is 1.30 bits per heavy atom. The summed E-state index contributed by atoms with van der Waals surface area (Å²) in [6.07, 6.45) is 0. The first kappa shape index (κ1) is 24.5. The highest BCUT2D eigenvalue weighted by Gasteiger charge is 2.53. The first-order valence-corrected chi connectivity index (χ1v) is 11.8. The number of carbonyl (C=O) groups excluding carboxylic acids is 1. The van der Waals surface area contributed by atoms with Gasteiger partial charge in [-0.1, -0.05) is 26.7 Å². The van der Waals surface area contributed by atoms with E-state index in [1.807, 2.05) is 20.8 Å². The number of carbonyl (C=O) groups is 1. The van der Waals surface area contributed by atoms with E-state index in [1.54, 1.807) is 44.9 Å². The predicted molar refractivity (Wildman–Crippen MR) is 117 cm³/mol. The molecule has 0 spiro atoms. The van der Waals surface area contributed by atoms with Crippen LogP contribution in [0.1, 0.15) is 41.5 Å². The lowest BCUT2D eigenvalue weighted by molar-refractivity contribution is -0.133. The number of amides is 1. The molecule has 9 heteroatoms. The van der Waals surface area contributed by atoms with Crippen LogP contribution in [0, 0.1) is 23.8 Å². The van der Waals surface area contributed by atoms with Crippen molar-refractivity contribution in [2.75, 3.05) is 6.61 Å². The van der Waals surface area contributed by atoms with Crippen LogP contribution >= 0.6 is 11.8 Å². The number of rotatable bonds is 5. The minimum absolute atomic E-state index is 0.0266. The van der Waals surface area contributed by atoms with E-state index in [4.69, 9.17) is 4.74 Å². The summed E-state index contributed by atoms with van der Waals surface area (Å²) in [5, 5.41) is 9.10. The van der Waals surface area contributed by atoms with E-state index < -0.39 is 26.7 Å². The Balaban J connectivity index is 2.45. The van der Waals surface area contributed by atoms with Crippen molar-refractivity contribution >= 4 is 27.7 Å². The standard InChI is InChI=1S/C21H29N2O5S2/c1-7-8-13-28-15-9-11-16(12-10-15)30(26,27)23-14-17(20(2,3)4)29-21(5,6)18(23)19(24)22-25/h9-12,14,17-18,25H,13H2,1-6H3,(H,22,24)/t17-,18+/m1/s1. The van der Waals surface area contributed by atoms with E-state index in [-0.39, 0.29) is 22.2 Å². The van der Waals surface area contributed by atoms with E-state index >= 15 is 0 Å². The summed E-state index contributed by atoms with van der Waals surface area (Å²) in [5.74, 6) is 5.20. The Bertz CT molecular complexity index is 925. The fraction of sp³-hybridized carbons (Fsp3) is 0.524. The molecule has 30 heavy (non-hydrogen) atoms. The van der Waals surface area contributed by atoms with Gasteiger partial charge in [-0.25, -0.2) is 13.9 Å². The van der Waals surface area contributed by atoms with E-state index in [9.17, 15) is 18.4 Å². The van der Waals surface area contributed by atoms with Gasteiger partial charge in [-0.3, -0.25) is 10.0 Å². The van der Waals surface area contributed by atoms with Crippen LogP contribution in [0.5, 0.6) is 5.75 Å². The molecule has 0 aromatic heterocycles. The first-order valence-electron chi connectivity index (χ1n) is 9.47. The van der Waals surface area contributed by atoms with Crippen molar-refractivity contribution in [3.63, 3.8) is 0 Å². The lowest BCUT2D eigenvalue weighted by Gasteiger charge is -2.49. The van der Waals surface area contributed by atoms with Crippen LogP contribution in [0.3, 0.4) is 0 Å². The number of hydroxylamine groups is 1. The number of thioether (sulfide) groups is 1. The molecule has 2 atom stereocenters. The predicted octanol–water partition coefficient (Wildman–Crippen LogP) is 3.06. The lowest BCUT2D eigenvalue weighted by Crippen LogP contribution is -2.62. The maximum Gasteiger partial charge on any atom is 0.263 e. The number of ether oxygens (including phenoxy) is 1. The van der Waals surface area contributed by atoms with Gasteiger partial charge in [0.1, 0.15) is 18.4 Å². The van der Waals surface area contributed by atoms with Gasteiger partial charge in [-0.2, -0.15) is 4.31 Å². The molecule has 1 radical (unpaired) electrons. The summed E-state index contributed by atoms with van der Waals surface area (Å²) in [6, 6.07) is 4.86. The van der Waals surface area contributed by atoms with Gasteiger partial charge in [0.15, 0.2) is 0 Å². The third-order valence-electron chi connectivity index (χ3n) is 4.73. The monoisotopic (exact) mass is 453 g/mol. The summed E-state index contributed by atoms with van der Waals surface area (Å²) >= 11 is 1.51. The zero-order chi connectivity index (χ0) is 22.7. The van der Waals surface area contributed by atoms with Gasteiger partial charge in [-0.05, 0) is 50.5 Å². The molecule has 165 valence electrons. The molecule has 2 N–H and O–H groups in total. The number of sulfonamides is 1. The van der Waals surface area contributed by atoms with Crippen LogP contribution in [-0.2, 0) is 14.8 Å². The Hall–Kier alpha value is -1.73. The van der Waals surface area contributed by atoms with Crippen LogP contribution in [0.25, 0.3) is 0 Å². The van der Waals surface area contributed by atoms with E-state index in [0.717, 1.165) is 4.31 Å². The van der Waals surface area contributed by atoms with E-state index in [1.165, 1.54) is 23.9 Å². The van der Waals surface area contributed by atoms with Crippen molar-refractivity contribution in [2.45, 2.75) is 62.5 Å². The lowest BCUT2D eigenvalue weighted by atomic mass is 9.90. The van der Waals surface area contributed by atoms with E-state index in [0.29, 0.717) is 5.75 Å². The van der Waals surface area contributed by atoms with Gasteiger partial charge in [-0.15, -0.1) is 17.7 Å². The Morgan fingerprint density at radius 3 is 2.40 bits per heavy atom. The third kappa shape index (κ3) is 5.30. The van der Waals surface area contributed by atoms with Crippen molar-refractivity contribution in [2.24, 2.45) is 5.41 Å². The number of nitrogens with zero attached hydrogens (tertiary/aromatic N) is 1. The van der Waals surface area contributed by atoms with E-state index in [2.05, 4.69) is 11.8 Å². The number of nitrogens with one attached hydrogen (secondary N) is 1. The number of hydrogen-bond donors (Lipinski definition) is 2. The average Bonchev–Trinajstić information content (AvgIpc) is 2.66. The molecular weight excluding hydrogens is 424 g/mol. The zero-order valence-electron chi connectivity index (χ0n) is 18.1. The SMILES string of the molecule is CC#CCOc1ccc(S(=O)(=O)N2[CH][C@H](C(C)(C)C)SC(C)(C)[C@@H]2C(=O)NO)cc1. The van der Waals surface area contributed by atoms with Crippen LogP contribution in [0.4, 0.5) is 0 Å². The summed E-state index contributed by atoms with van der Waals surface area (Å²) in [7, 11) is -4.06. The molecule has 1 saturated heterocycles. The molecule has 1 amide bonds. The molecule has 0 aliphatic carbocycles. The Kier molecular flexibility index (Phi) is 7.51. The molecule has 7 nitrogen and oxygen atoms in total. The fourth-order valence-corrected chi connectivity index (χ4v) is 6.42. The maximum atomic E-state index is 13.5. The van der Waals surface area contributed by atoms with Crippen LogP contribution in [0.15, 0.2) is 29.2 Å². The maximum absolute atomic E-state index is 13.5. The minimum Gasteiger partial charge on any atom is -0.481 e. The van der Waals surface area contributed by atoms with Crippen molar-refractivity contribution in [3.8, 4) is 17.6 Å². The Labute approximate surface area is 183 Å². The molecule has 1 fully saturated rings.